The fourth-order valence-electron chi connectivity index (χ4n) is 2.60. The lowest BCUT2D eigenvalue weighted by molar-refractivity contribution is 0.144. The number of aryl methyl sites for hydroxylation is 2. The van der Waals surface area contributed by atoms with Gasteiger partial charge in [-0.3, -0.25) is 0 Å². The molecule has 3 rings (SSSR count). The van der Waals surface area contributed by atoms with E-state index in [2.05, 4.69) is 5.10 Å². The van der Waals surface area contributed by atoms with Crippen LogP contribution in [0.25, 0.3) is 5.52 Å². The van der Waals surface area contributed by atoms with Gasteiger partial charge in [-0.2, -0.15) is 9.61 Å². The van der Waals surface area contributed by atoms with E-state index in [0.29, 0.717) is 17.6 Å². The molecule has 3 aromatic rings. The number of hydrogen-bond acceptors (Lipinski definition) is 4. The van der Waals surface area contributed by atoms with Crippen LogP contribution in [-0.2, 0) is 13.0 Å². The van der Waals surface area contributed by atoms with E-state index in [0.717, 1.165) is 17.7 Å². The molecule has 0 saturated heterocycles. The number of aromatic nitrogens is 2. The maximum atomic E-state index is 13.8. The maximum Gasteiger partial charge on any atom is 0.511 e. The molecule has 0 radical (unpaired) electrons. The number of benzene rings is 1. The number of hydrogen-bond donors (Lipinski definition) is 1. The van der Waals surface area contributed by atoms with Crippen molar-refractivity contribution < 1.29 is 28.2 Å². The normalized spacial score (nSPS) is 10.9. The predicted molar refractivity (Wildman–Crippen MR) is 88.6 cm³/mol. The maximum absolute atomic E-state index is 13.8. The second-order valence-electron chi connectivity index (χ2n) is 5.62. The van der Waals surface area contributed by atoms with E-state index in [9.17, 15) is 13.6 Å². The van der Waals surface area contributed by atoms with Gasteiger partial charge in [-0.1, -0.05) is 13.0 Å². The lowest BCUT2D eigenvalue weighted by atomic mass is 10.2. The van der Waals surface area contributed by atoms with Crippen LogP contribution in [0.15, 0.2) is 30.3 Å². The largest absolute Gasteiger partial charge is 0.511 e. The first-order valence-corrected chi connectivity index (χ1v) is 7.89. The van der Waals surface area contributed by atoms with Gasteiger partial charge < -0.3 is 14.6 Å². The zero-order chi connectivity index (χ0) is 18.8. The van der Waals surface area contributed by atoms with Gasteiger partial charge in [-0.05, 0) is 37.1 Å². The first kappa shape index (κ1) is 17.7. The van der Waals surface area contributed by atoms with Gasteiger partial charge in [0.2, 0.25) is 5.88 Å². The van der Waals surface area contributed by atoms with Gasteiger partial charge in [0, 0.05) is 6.07 Å². The third kappa shape index (κ3) is 3.30. The summed E-state index contributed by atoms with van der Waals surface area (Å²) in [6, 6.07) is 6.99. The van der Waals surface area contributed by atoms with Crippen molar-refractivity contribution in [3.63, 3.8) is 0 Å². The lowest BCUT2D eigenvalue weighted by Gasteiger charge is -2.11. The average Bonchev–Trinajstić information content (AvgIpc) is 2.89. The number of ether oxygens (including phenoxy) is 2. The summed E-state index contributed by atoms with van der Waals surface area (Å²) in [6.07, 6.45) is -0.821. The van der Waals surface area contributed by atoms with Crippen LogP contribution in [0.3, 0.4) is 0 Å². The van der Waals surface area contributed by atoms with E-state index in [1.165, 1.54) is 10.6 Å². The van der Waals surface area contributed by atoms with Crippen LogP contribution in [0.4, 0.5) is 13.6 Å². The number of halogens is 2. The third-order valence-corrected chi connectivity index (χ3v) is 3.90. The van der Waals surface area contributed by atoms with Crippen LogP contribution in [-0.4, -0.2) is 20.9 Å². The van der Waals surface area contributed by atoms with Crippen molar-refractivity contribution in [3.8, 4) is 11.6 Å². The molecule has 0 unspecified atom stereocenters. The molecule has 0 aliphatic carbocycles. The molecular formula is C18H16F2N2O4. The van der Waals surface area contributed by atoms with Crippen molar-refractivity contribution >= 4 is 11.7 Å². The topological polar surface area (TPSA) is 73.1 Å². The second-order valence-corrected chi connectivity index (χ2v) is 5.62. The minimum atomic E-state index is -1.46. The van der Waals surface area contributed by atoms with E-state index in [-0.39, 0.29) is 23.8 Å². The second kappa shape index (κ2) is 6.99. The van der Waals surface area contributed by atoms with Gasteiger partial charge in [0.1, 0.15) is 29.5 Å². The van der Waals surface area contributed by atoms with E-state index < -0.39 is 17.8 Å². The molecule has 0 aliphatic rings. The Morgan fingerprint density at radius 2 is 1.96 bits per heavy atom. The van der Waals surface area contributed by atoms with Gasteiger partial charge in [-0.25, -0.2) is 13.6 Å². The van der Waals surface area contributed by atoms with E-state index in [1.54, 1.807) is 19.1 Å². The van der Waals surface area contributed by atoms with E-state index >= 15 is 0 Å². The first-order chi connectivity index (χ1) is 12.4. The molecule has 1 aromatic carbocycles. The summed E-state index contributed by atoms with van der Waals surface area (Å²) < 4.78 is 39.4. The Morgan fingerprint density at radius 3 is 2.58 bits per heavy atom. The molecule has 6 nitrogen and oxygen atoms in total. The molecule has 136 valence electrons. The molecule has 2 heterocycles. The Bertz CT molecular complexity index is 965. The molecule has 0 spiro atoms. The van der Waals surface area contributed by atoms with Crippen molar-refractivity contribution in [2.75, 3.05) is 0 Å². The summed E-state index contributed by atoms with van der Waals surface area (Å²) in [7, 11) is 0. The Labute approximate surface area is 147 Å². The number of pyridine rings is 1. The van der Waals surface area contributed by atoms with E-state index in [1.807, 2.05) is 6.92 Å². The number of fused-ring (bicyclic) bond motifs is 1. The van der Waals surface area contributed by atoms with Crippen molar-refractivity contribution in [2.24, 2.45) is 0 Å². The molecule has 0 saturated carbocycles. The molecule has 0 atom stereocenters. The molecule has 0 fully saturated rings. The first-order valence-electron chi connectivity index (χ1n) is 7.89. The Morgan fingerprint density at radius 1 is 1.27 bits per heavy atom. The van der Waals surface area contributed by atoms with Gasteiger partial charge in [0.15, 0.2) is 5.75 Å². The van der Waals surface area contributed by atoms with Crippen LogP contribution in [0.2, 0.25) is 0 Å². The number of nitrogens with zero attached hydrogens (tertiary/aromatic N) is 2. The van der Waals surface area contributed by atoms with Crippen molar-refractivity contribution in [2.45, 2.75) is 26.9 Å². The van der Waals surface area contributed by atoms with Crippen molar-refractivity contribution in [1.29, 1.82) is 0 Å². The average molecular weight is 362 g/mol. The highest BCUT2D eigenvalue weighted by atomic mass is 19.1. The van der Waals surface area contributed by atoms with Gasteiger partial charge in [0.25, 0.3) is 0 Å². The summed E-state index contributed by atoms with van der Waals surface area (Å²) in [5, 5.41) is 13.1. The highest BCUT2D eigenvalue weighted by molar-refractivity contribution is 5.71. The molecule has 8 heteroatoms. The summed E-state index contributed by atoms with van der Waals surface area (Å²) >= 11 is 0. The van der Waals surface area contributed by atoms with E-state index in [4.69, 9.17) is 14.6 Å². The number of rotatable bonds is 5. The highest BCUT2D eigenvalue weighted by Crippen LogP contribution is 2.30. The minimum Gasteiger partial charge on any atom is -0.473 e. The standard InChI is InChI=1S/C18H16F2N2O4/c1-3-11-7-15-17(26-18(23)24)10(2)21-22(15)16(8-11)25-9-12-13(19)5-4-6-14(12)20/h4-8H,3,9H2,1-2H3,(H,23,24). The number of carbonyl (C=O) groups is 1. The Balaban J connectivity index is 2.03. The fraction of sp³-hybridized carbons (Fsp3) is 0.222. The Hall–Kier alpha value is -3.16. The van der Waals surface area contributed by atoms with Crippen LogP contribution in [0.1, 0.15) is 23.7 Å². The zero-order valence-electron chi connectivity index (χ0n) is 14.1. The third-order valence-electron chi connectivity index (χ3n) is 3.90. The summed E-state index contributed by atoms with van der Waals surface area (Å²) in [5.74, 6) is -1.10. The lowest BCUT2D eigenvalue weighted by Crippen LogP contribution is -2.06. The van der Waals surface area contributed by atoms with Gasteiger partial charge >= 0.3 is 6.16 Å². The molecule has 1 N–H and O–H groups in total. The molecule has 0 bridgehead atoms. The monoisotopic (exact) mass is 362 g/mol. The van der Waals surface area contributed by atoms with Crippen LogP contribution >= 0.6 is 0 Å². The summed E-state index contributed by atoms with van der Waals surface area (Å²) in [4.78, 5) is 10.9. The highest BCUT2D eigenvalue weighted by Gasteiger charge is 2.18. The van der Waals surface area contributed by atoms with Gasteiger partial charge in [0.05, 0.1) is 5.56 Å². The van der Waals surface area contributed by atoms with Crippen LogP contribution < -0.4 is 9.47 Å². The summed E-state index contributed by atoms with van der Waals surface area (Å²) in [5.41, 5.74) is 1.38. The molecule has 0 amide bonds. The zero-order valence-corrected chi connectivity index (χ0v) is 14.1. The molecular weight excluding hydrogens is 346 g/mol. The fourth-order valence-corrected chi connectivity index (χ4v) is 2.60. The van der Waals surface area contributed by atoms with Crippen molar-refractivity contribution in [1.82, 2.24) is 9.61 Å². The SMILES string of the molecule is CCc1cc(OCc2c(F)cccc2F)n2nc(C)c(OC(=O)O)c2c1. The number of carboxylic acid groups (broad SMARTS) is 1. The molecule has 2 aromatic heterocycles. The molecule has 0 aliphatic heterocycles. The van der Waals surface area contributed by atoms with Crippen LogP contribution in [0.5, 0.6) is 11.6 Å². The Kier molecular flexibility index (Phi) is 4.75. The molecule has 26 heavy (non-hydrogen) atoms. The summed E-state index contributed by atoms with van der Waals surface area (Å²) in [6.45, 7) is 3.17. The van der Waals surface area contributed by atoms with Gasteiger partial charge in [-0.15, -0.1) is 0 Å². The van der Waals surface area contributed by atoms with Crippen LogP contribution in [0, 0.1) is 18.6 Å². The quantitative estimate of drug-likeness (QED) is 0.691. The minimum absolute atomic E-state index is 0.0923. The van der Waals surface area contributed by atoms with Crippen molar-refractivity contribution in [3.05, 3.63) is 58.8 Å². The smallest absolute Gasteiger partial charge is 0.473 e. The predicted octanol–water partition coefficient (Wildman–Crippen LogP) is 4.12.